The summed E-state index contributed by atoms with van der Waals surface area (Å²) in [6.45, 7) is 7.83. The van der Waals surface area contributed by atoms with Crippen molar-refractivity contribution in [2.45, 2.75) is 33.6 Å². The third kappa shape index (κ3) is 4.66. The minimum Gasteiger partial charge on any atom is -0.341 e. The molecular formula is C18H23ClN6. The Bertz CT molecular complexity index is 768. The highest BCUT2D eigenvalue weighted by atomic mass is 35.5. The fraction of sp³-hybridized carbons (Fsp3) is 0.444. The first-order valence-electron chi connectivity index (χ1n) is 8.68. The first-order valence-corrected chi connectivity index (χ1v) is 9.06. The Labute approximate surface area is 153 Å². The van der Waals surface area contributed by atoms with Gasteiger partial charge in [0.05, 0.1) is 0 Å². The lowest BCUT2D eigenvalue weighted by molar-refractivity contribution is 0.814. The molecule has 0 saturated heterocycles. The number of hydrogen-bond acceptors (Lipinski definition) is 6. The van der Waals surface area contributed by atoms with Crippen LogP contribution in [0.1, 0.15) is 33.6 Å². The van der Waals surface area contributed by atoms with Gasteiger partial charge in [-0.25, -0.2) is 4.98 Å². The second-order valence-electron chi connectivity index (χ2n) is 6.11. The van der Waals surface area contributed by atoms with E-state index in [-0.39, 0.29) is 0 Å². The number of nitrogens with one attached hydrogen (secondary N) is 1. The van der Waals surface area contributed by atoms with E-state index in [1.165, 1.54) is 12.8 Å². The Morgan fingerprint density at radius 1 is 1.20 bits per heavy atom. The molecule has 2 heterocycles. The SMILES string of the molecule is CCN(CC)c1nc(NC(C)=CC2CC2)nc(-c2cccc(Cl)n2)n1. The quantitative estimate of drug-likeness (QED) is 0.749. The summed E-state index contributed by atoms with van der Waals surface area (Å²) in [6.07, 6.45) is 4.76. The lowest BCUT2D eigenvalue weighted by atomic mass is 10.3. The minimum atomic E-state index is 0.418. The fourth-order valence-electron chi connectivity index (χ4n) is 2.55. The largest absolute Gasteiger partial charge is 0.341 e. The summed E-state index contributed by atoms with van der Waals surface area (Å²) in [5.41, 5.74) is 1.69. The van der Waals surface area contributed by atoms with E-state index < -0.39 is 0 Å². The van der Waals surface area contributed by atoms with Gasteiger partial charge in [0.2, 0.25) is 11.9 Å². The van der Waals surface area contributed by atoms with Gasteiger partial charge >= 0.3 is 0 Å². The Morgan fingerprint density at radius 2 is 1.96 bits per heavy atom. The van der Waals surface area contributed by atoms with Crippen LogP contribution in [0.5, 0.6) is 0 Å². The second kappa shape index (κ2) is 7.78. The van der Waals surface area contributed by atoms with E-state index in [0.717, 1.165) is 18.8 Å². The lowest BCUT2D eigenvalue weighted by Gasteiger charge is -2.19. The van der Waals surface area contributed by atoms with Crippen LogP contribution >= 0.6 is 11.6 Å². The van der Waals surface area contributed by atoms with E-state index in [2.05, 4.69) is 50.1 Å². The molecule has 132 valence electrons. The molecule has 7 heteroatoms. The number of pyridine rings is 1. The molecule has 0 radical (unpaired) electrons. The average molecular weight is 359 g/mol. The maximum atomic E-state index is 6.02. The number of allylic oxidation sites excluding steroid dienone is 2. The molecule has 0 aliphatic heterocycles. The first kappa shape index (κ1) is 17.6. The predicted octanol–water partition coefficient (Wildman–Crippen LogP) is 4.16. The number of nitrogens with zero attached hydrogens (tertiary/aromatic N) is 5. The van der Waals surface area contributed by atoms with Gasteiger partial charge in [-0.2, -0.15) is 15.0 Å². The Kier molecular flexibility index (Phi) is 5.48. The Morgan fingerprint density at radius 3 is 2.60 bits per heavy atom. The van der Waals surface area contributed by atoms with Crippen molar-refractivity contribution in [3.8, 4) is 11.5 Å². The smallest absolute Gasteiger partial charge is 0.232 e. The van der Waals surface area contributed by atoms with E-state index in [0.29, 0.717) is 34.5 Å². The summed E-state index contributed by atoms with van der Waals surface area (Å²) in [4.78, 5) is 20.1. The molecule has 0 aromatic carbocycles. The molecule has 6 nitrogen and oxygen atoms in total. The minimum absolute atomic E-state index is 0.418. The first-order chi connectivity index (χ1) is 12.1. The molecule has 1 aliphatic carbocycles. The third-order valence-corrected chi connectivity index (χ3v) is 4.24. The van der Waals surface area contributed by atoms with Gasteiger partial charge < -0.3 is 10.2 Å². The van der Waals surface area contributed by atoms with Crippen molar-refractivity contribution < 1.29 is 0 Å². The molecule has 3 rings (SSSR count). The van der Waals surface area contributed by atoms with Crippen molar-refractivity contribution >= 4 is 23.5 Å². The lowest BCUT2D eigenvalue weighted by Crippen LogP contribution is -2.25. The van der Waals surface area contributed by atoms with Crippen molar-refractivity contribution in [2.75, 3.05) is 23.3 Å². The van der Waals surface area contributed by atoms with Gasteiger partial charge in [-0.1, -0.05) is 23.7 Å². The van der Waals surface area contributed by atoms with Crippen molar-refractivity contribution in [1.29, 1.82) is 0 Å². The van der Waals surface area contributed by atoms with E-state index >= 15 is 0 Å². The topological polar surface area (TPSA) is 66.8 Å². The number of rotatable bonds is 7. The van der Waals surface area contributed by atoms with Gasteiger partial charge in [0, 0.05) is 18.8 Å². The number of halogens is 1. The average Bonchev–Trinajstić information content (AvgIpc) is 3.39. The van der Waals surface area contributed by atoms with Gasteiger partial charge in [0.1, 0.15) is 10.8 Å². The van der Waals surface area contributed by atoms with E-state index in [1.807, 2.05) is 19.1 Å². The second-order valence-corrected chi connectivity index (χ2v) is 6.50. The van der Waals surface area contributed by atoms with E-state index in [4.69, 9.17) is 11.6 Å². The van der Waals surface area contributed by atoms with Crippen LogP contribution in [0, 0.1) is 5.92 Å². The maximum absolute atomic E-state index is 6.02. The van der Waals surface area contributed by atoms with Crippen LogP contribution < -0.4 is 10.2 Å². The van der Waals surface area contributed by atoms with Gasteiger partial charge in [-0.15, -0.1) is 0 Å². The molecule has 25 heavy (non-hydrogen) atoms. The molecule has 0 atom stereocenters. The molecule has 0 amide bonds. The maximum Gasteiger partial charge on any atom is 0.232 e. The highest BCUT2D eigenvalue weighted by Gasteiger charge is 2.19. The van der Waals surface area contributed by atoms with E-state index in [1.54, 1.807) is 6.07 Å². The molecule has 0 bridgehead atoms. The monoisotopic (exact) mass is 358 g/mol. The third-order valence-electron chi connectivity index (χ3n) is 4.03. The molecule has 1 aliphatic rings. The Balaban J connectivity index is 1.98. The van der Waals surface area contributed by atoms with Crippen molar-refractivity contribution in [3.63, 3.8) is 0 Å². The summed E-state index contributed by atoms with van der Waals surface area (Å²) in [5, 5.41) is 3.71. The summed E-state index contributed by atoms with van der Waals surface area (Å²) in [6, 6.07) is 5.43. The van der Waals surface area contributed by atoms with Crippen LogP contribution in [-0.2, 0) is 0 Å². The summed E-state index contributed by atoms with van der Waals surface area (Å²) >= 11 is 6.02. The summed E-state index contributed by atoms with van der Waals surface area (Å²) in [7, 11) is 0. The van der Waals surface area contributed by atoms with Crippen LogP contribution in [0.15, 0.2) is 30.0 Å². The van der Waals surface area contributed by atoms with E-state index in [9.17, 15) is 0 Å². The zero-order chi connectivity index (χ0) is 17.8. The fourth-order valence-corrected chi connectivity index (χ4v) is 2.71. The predicted molar refractivity (Wildman–Crippen MR) is 102 cm³/mol. The zero-order valence-corrected chi connectivity index (χ0v) is 15.6. The number of aromatic nitrogens is 4. The zero-order valence-electron chi connectivity index (χ0n) is 14.8. The summed E-state index contributed by atoms with van der Waals surface area (Å²) < 4.78 is 0. The molecule has 1 N–H and O–H groups in total. The standard InChI is InChI=1S/C18H23ClN6/c1-4-25(5-2)18-23-16(14-7-6-8-15(19)21-14)22-17(24-18)20-12(3)11-13-9-10-13/h6-8,11,13H,4-5,9-10H2,1-3H3,(H,20,22,23,24). The van der Waals surface area contributed by atoms with Gasteiger partial charge in [-0.05, 0) is 51.7 Å². The normalized spacial score (nSPS) is 14.5. The van der Waals surface area contributed by atoms with Crippen LogP contribution in [-0.4, -0.2) is 33.0 Å². The van der Waals surface area contributed by atoms with Crippen LogP contribution in [0.3, 0.4) is 0 Å². The van der Waals surface area contributed by atoms with Crippen molar-refractivity contribution in [3.05, 3.63) is 35.1 Å². The van der Waals surface area contributed by atoms with Gasteiger partial charge in [0.15, 0.2) is 5.82 Å². The molecule has 1 fully saturated rings. The highest BCUT2D eigenvalue weighted by molar-refractivity contribution is 6.29. The van der Waals surface area contributed by atoms with Crippen LogP contribution in [0.25, 0.3) is 11.5 Å². The molecular weight excluding hydrogens is 336 g/mol. The van der Waals surface area contributed by atoms with Crippen LogP contribution in [0.4, 0.5) is 11.9 Å². The molecule has 2 aromatic rings. The molecule has 0 unspecified atom stereocenters. The highest BCUT2D eigenvalue weighted by Crippen LogP contribution is 2.31. The molecule has 0 spiro atoms. The van der Waals surface area contributed by atoms with Gasteiger partial charge in [-0.3, -0.25) is 0 Å². The summed E-state index contributed by atoms with van der Waals surface area (Å²) in [5.74, 6) is 2.37. The molecule has 2 aromatic heterocycles. The van der Waals surface area contributed by atoms with Gasteiger partial charge in [0.25, 0.3) is 0 Å². The number of hydrogen-bond donors (Lipinski definition) is 1. The van der Waals surface area contributed by atoms with Crippen LogP contribution in [0.2, 0.25) is 5.15 Å². The number of anilines is 2. The Hall–Kier alpha value is -2.21. The van der Waals surface area contributed by atoms with Crippen molar-refractivity contribution in [2.24, 2.45) is 5.92 Å². The molecule has 1 saturated carbocycles. The van der Waals surface area contributed by atoms with Crippen molar-refractivity contribution in [1.82, 2.24) is 19.9 Å².